The Balaban J connectivity index is 1.87. The van der Waals surface area contributed by atoms with Gasteiger partial charge in [-0.2, -0.15) is 15.1 Å². The molecule has 3 heterocycles. The standard InChI is InChI=1S/C11H11ClN6O2S2/c1-18-10-7(5-15-18)9(16-11(12)17-10)14-4-6-2-3-8(21-6)22(13,19)20/h2-3,5H,4H2,1H3,(H2,13,19,20)(H,14,16,17). The van der Waals surface area contributed by atoms with E-state index in [0.717, 1.165) is 21.6 Å². The van der Waals surface area contributed by atoms with Crippen molar-refractivity contribution in [3.63, 3.8) is 0 Å². The molecule has 11 heteroatoms. The molecule has 0 aliphatic carbocycles. The highest BCUT2D eigenvalue weighted by Gasteiger charge is 2.13. The van der Waals surface area contributed by atoms with Gasteiger partial charge in [-0.15, -0.1) is 11.3 Å². The first-order chi connectivity index (χ1) is 10.3. The predicted molar refractivity (Wildman–Crippen MR) is 84.3 cm³/mol. The van der Waals surface area contributed by atoms with Crippen LogP contribution in [0.5, 0.6) is 0 Å². The van der Waals surface area contributed by atoms with Gasteiger partial charge in [0.2, 0.25) is 15.3 Å². The molecule has 0 saturated heterocycles. The van der Waals surface area contributed by atoms with Crippen molar-refractivity contribution in [3.05, 3.63) is 28.5 Å². The molecule has 0 aromatic carbocycles. The Morgan fingerprint density at radius 1 is 1.41 bits per heavy atom. The maximum atomic E-state index is 11.3. The molecular formula is C11H11ClN6O2S2. The molecule has 0 atom stereocenters. The summed E-state index contributed by atoms with van der Waals surface area (Å²) in [7, 11) is -1.92. The van der Waals surface area contributed by atoms with Crippen LogP contribution in [0.2, 0.25) is 5.28 Å². The minimum atomic E-state index is -3.67. The number of nitrogens with one attached hydrogen (secondary N) is 1. The van der Waals surface area contributed by atoms with Crippen molar-refractivity contribution >= 4 is 49.8 Å². The number of hydrogen-bond donors (Lipinski definition) is 2. The van der Waals surface area contributed by atoms with E-state index in [9.17, 15) is 8.42 Å². The first-order valence-electron chi connectivity index (χ1n) is 6.05. The van der Waals surface area contributed by atoms with Crippen LogP contribution in [0.25, 0.3) is 11.0 Å². The lowest BCUT2D eigenvalue weighted by molar-refractivity contribution is 0.600. The Morgan fingerprint density at radius 2 is 2.18 bits per heavy atom. The highest BCUT2D eigenvalue weighted by Crippen LogP contribution is 2.24. The third-order valence-electron chi connectivity index (χ3n) is 2.91. The number of aromatic nitrogens is 4. The largest absolute Gasteiger partial charge is 0.364 e. The van der Waals surface area contributed by atoms with Crippen LogP contribution in [0.4, 0.5) is 5.82 Å². The van der Waals surface area contributed by atoms with Gasteiger partial charge in [0.1, 0.15) is 10.0 Å². The maximum Gasteiger partial charge on any atom is 0.247 e. The minimum Gasteiger partial charge on any atom is -0.364 e. The van der Waals surface area contributed by atoms with Crippen LogP contribution in [0.15, 0.2) is 22.5 Å². The van der Waals surface area contributed by atoms with Crippen LogP contribution in [-0.4, -0.2) is 28.2 Å². The molecule has 0 fully saturated rings. The molecule has 3 aromatic heterocycles. The van der Waals surface area contributed by atoms with Gasteiger partial charge in [0.25, 0.3) is 0 Å². The fraction of sp³-hybridized carbons (Fsp3) is 0.182. The summed E-state index contributed by atoms with van der Waals surface area (Å²) in [5, 5.41) is 13.1. The van der Waals surface area contributed by atoms with E-state index in [-0.39, 0.29) is 9.49 Å². The van der Waals surface area contributed by atoms with Gasteiger partial charge in [-0.3, -0.25) is 4.68 Å². The Bertz CT molecular complexity index is 949. The highest BCUT2D eigenvalue weighted by atomic mass is 35.5. The fourth-order valence-electron chi connectivity index (χ4n) is 1.91. The number of fused-ring (bicyclic) bond motifs is 1. The molecule has 0 unspecified atom stereocenters. The third kappa shape index (κ3) is 2.90. The molecule has 0 aliphatic heterocycles. The number of anilines is 1. The summed E-state index contributed by atoms with van der Waals surface area (Å²) in [5.74, 6) is 0.536. The molecule has 3 rings (SSSR count). The molecule has 0 bridgehead atoms. The normalized spacial score (nSPS) is 12.0. The van der Waals surface area contributed by atoms with Gasteiger partial charge >= 0.3 is 0 Å². The maximum absolute atomic E-state index is 11.3. The summed E-state index contributed by atoms with van der Waals surface area (Å²) in [5.41, 5.74) is 0.610. The zero-order valence-electron chi connectivity index (χ0n) is 11.3. The fourth-order valence-corrected chi connectivity index (χ4v) is 3.79. The van der Waals surface area contributed by atoms with Gasteiger partial charge in [0.15, 0.2) is 5.65 Å². The molecule has 0 spiro atoms. The molecule has 3 aromatic rings. The van der Waals surface area contributed by atoms with Crippen LogP contribution >= 0.6 is 22.9 Å². The van der Waals surface area contributed by atoms with Gasteiger partial charge < -0.3 is 5.32 Å². The molecule has 116 valence electrons. The second kappa shape index (κ2) is 5.47. The minimum absolute atomic E-state index is 0.106. The number of nitrogens with zero attached hydrogens (tertiary/aromatic N) is 4. The first-order valence-corrected chi connectivity index (χ1v) is 8.79. The summed E-state index contributed by atoms with van der Waals surface area (Å²) in [6.45, 7) is 0.386. The molecule has 8 nitrogen and oxygen atoms in total. The van der Waals surface area contributed by atoms with Crippen molar-refractivity contribution in [2.45, 2.75) is 10.8 Å². The van der Waals surface area contributed by atoms with E-state index in [0.29, 0.717) is 18.0 Å². The van der Waals surface area contributed by atoms with Crippen LogP contribution in [-0.2, 0) is 23.6 Å². The van der Waals surface area contributed by atoms with Crippen LogP contribution in [0.1, 0.15) is 4.88 Å². The molecule has 0 aliphatic rings. The van der Waals surface area contributed by atoms with E-state index in [1.165, 1.54) is 6.07 Å². The van der Waals surface area contributed by atoms with Crippen LogP contribution in [0, 0.1) is 0 Å². The van der Waals surface area contributed by atoms with Gasteiger partial charge in [0, 0.05) is 11.9 Å². The molecule has 3 N–H and O–H groups in total. The average molecular weight is 359 g/mol. The van der Waals surface area contributed by atoms with Crippen molar-refractivity contribution in [2.24, 2.45) is 12.2 Å². The Morgan fingerprint density at radius 3 is 2.86 bits per heavy atom. The Hall–Kier alpha value is -1.75. The SMILES string of the molecule is Cn1ncc2c(NCc3ccc(S(N)(=O)=O)s3)nc(Cl)nc21. The quantitative estimate of drug-likeness (QED) is 0.680. The Labute approximate surface area is 135 Å². The number of aryl methyl sites for hydroxylation is 1. The lowest BCUT2D eigenvalue weighted by Crippen LogP contribution is -2.09. The smallest absolute Gasteiger partial charge is 0.247 e. The summed E-state index contributed by atoms with van der Waals surface area (Å²) >= 11 is 7.00. The highest BCUT2D eigenvalue weighted by molar-refractivity contribution is 7.91. The number of sulfonamides is 1. The number of rotatable bonds is 4. The van der Waals surface area contributed by atoms with E-state index in [1.54, 1.807) is 24.0 Å². The topological polar surface area (TPSA) is 116 Å². The number of halogens is 1. The van der Waals surface area contributed by atoms with E-state index < -0.39 is 10.0 Å². The van der Waals surface area contributed by atoms with Crippen molar-refractivity contribution < 1.29 is 8.42 Å². The molecule has 22 heavy (non-hydrogen) atoms. The van der Waals surface area contributed by atoms with Gasteiger partial charge in [-0.25, -0.2) is 13.6 Å². The van der Waals surface area contributed by atoms with Crippen molar-refractivity contribution in [3.8, 4) is 0 Å². The van der Waals surface area contributed by atoms with E-state index >= 15 is 0 Å². The molecule has 0 amide bonds. The predicted octanol–water partition coefficient (Wildman–Crippen LogP) is 1.34. The van der Waals surface area contributed by atoms with Crippen molar-refractivity contribution in [1.82, 2.24) is 19.7 Å². The summed E-state index contributed by atoms with van der Waals surface area (Å²) in [4.78, 5) is 9.05. The first kappa shape index (κ1) is 15.2. The van der Waals surface area contributed by atoms with Gasteiger partial charge in [0.05, 0.1) is 18.1 Å². The number of primary sulfonamides is 1. The monoisotopic (exact) mass is 358 g/mol. The van der Waals surface area contributed by atoms with E-state index in [4.69, 9.17) is 16.7 Å². The summed E-state index contributed by atoms with van der Waals surface area (Å²) < 4.78 is 24.2. The molecular weight excluding hydrogens is 348 g/mol. The van der Waals surface area contributed by atoms with E-state index in [2.05, 4.69) is 20.4 Å². The number of hydrogen-bond acceptors (Lipinski definition) is 7. The second-order valence-electron chi connectivity index (χ2n) is 4.47. The average Bonchev–Trinajstić information content (AvgIpc) is 3.04. The molecule has 0 saturated carbocycles. The van der Waals surface area contributed by atoms with Crippen molar-refractivity contribution in [2.75, 3.05) is 5.32 Å². The number of thiophene rings is 1. The third-order valence-corrected chi connectivity index (χ3v) is 5.61. The lowest BCUT2D eigenvalue weighted by Gasteiger charge is -2.05. The van der Waals surface area contributed by atoms with Gasteiger partial charge in [-0.05, 0) is 23.7 Å². The van der Waals surface area contributed by atoms with Crippen LogP contribution < -0.4 is 10.5 Å². The van der Waals surface area contributed by atoms with E-state index in [1.807, 2.05) is 0 Å². The van der Waals surface area contributed by atoms with Crippen LogP contribution in [0.3, 0.4) is 0 Å². The second-order valence-corrected chi connectivity index (χ2v) is 7.76. The molecule has 0 radical (unpaired) electrons. The zero-order chi connectivity index (χ0) is 15.9. The summed E-state index contributed by atoms with van der Waals surface area (Å²) in [6.07, 6.45) is 1.64. The summed E-state index contributed by atoms with van der Waals surface area (Å²) in [6, 6.07) is 3.17. The lowest BCUT2D eigenvalue weighted by atomic mass is 10.4. The van der Waals surface area contributed by atoms with Crippen molar-refractivity contribution in [1.29, 1.82) is 0 Å². The Kier molecular flexibility index (Phi) is 3.77. The van der Waals surface area contributed by atoms with Gasteiger partial charge in [-0.1, -0.05) is 0 Å². The zero-order valence-corrected chi connectivity index (χ0v) is 13.7. The number of nitrogens with two attached hydrogens (primary N) is 1.